The molecular formula is C32H42N6O6S. The summed E-state index contributed by atoms with van der Waals surface area (Å²) in [6.07, 6.45) is 4.00. The van der Waals surface area contributed by atoms with Crippen LogP contribution in [0.4, 0.5) is 27.5 Å². The van der Waals surface area contributed by atoms with Crippen molar-refractivity contribution in [3.63, 3.8) is 0 Å². The fraction of sp³-hybridized carbons (Fsp3) is 0.562. The van der Waals surface area contributed by atoms with E-state index in [2.05, 4.69) is 39.4 Å². The summed E-state index contributed by atoms with van der Waals surface area (Å²) < 4.78 is 26.0. The molecule has 4 N–H and O–H groups in total. The molecular weight excluding hydrogens is 596 g/mol. The van der Waals surface area contributed by atoms with Crippen molar-refractivity contribution in [1.82, 2.24) is 9.62 Å². The monoisotopic (exact) mass is 638 g/mol. The number of aliphatic hydroxyl groups excluding tert-OH is 1. The van der Waals surface area contributed by atoms with Gasteiger partial charge in [-0.15, -0.1) is 0 Å². The van der Waals surface area contributed by atoms with Gasteiger partial charge in [0.2, 0.25) is 15.9 Å². The maximum absolute atomic E-state index is 13.2. The second-order valence-electron chi connectivity index (χ2n) is 13.3. The van der Waals surface area contributed by atoms with Crippen LogP contribution in [0.25, 0.3) is 0 Å². The highest BCUT2D eigenvalue weighted by atomic mass is 32.2. The van der Waals surface area contributed by atoms with Gasteiger partial charge in [-0.05, 0) is 86.3 Å². The quantitative estimate of drug-likeness (QED) is 0.396. The molecule has 4 aliphatic carbocycles. The minimum atomic E-state index is -3.42. The van der Waals surface area contributed by atoms with Crippen LogP contribution in [0.2, 0.25) is 0 Å². The Morgan fingerprint density at radius 2 is 1.53 bits per heavy atom. The third-order valence-electron chi connectivity index (χ3n) is 10.7. The number of anilines is 4. The fourth-order valence-electron chi connectivity index (χ4n) is 8.83. The molecule has 0 radical (unpaired) electrons. The first kappa shape index (κ1) is 30.1. The van der Waals surface area contributed by atoms with E-state index in [1.54, 1.807) is 5.06 Å². The summed E-state index contributed by atoms with van der Waals surface area (Å²) in [4.78, 5) is 35.9. The average Bonchev–Trinajstić information content (AvgIpc) is 3.03. The van der Waals surface area contributed by atoms with Gasteiger partial charge in [0.1, 0.15) is 0 Å². The number of nitrogens with one attached hydrogen (secondary N) is 1. The number of nitrogens with zero attached hydrogens (tertiary/aromatic N) is 4. The molecule has 45 heavy (non-hydrogen) atoms. The highest BCUT2D eigenvalue weighted by molar-refractivity contribution is 7.89. The number of piperazine rings is 1. The topological polar surface area (TPSA) is 149 Å². The van der Waals surface area contributed by atoms with Crippen molar-refractivity contribution in [2.24, 2.45) is 28.9 Å². The number of hydrogen-bond donors (Lipinski definition) is 3. The third-order valence-corrected chi connectivity index (χ3v) is 12.6. The van der Waals surface area contributed by atoms with E-state index < -0.39 is 21.5 Å². The number of aliphatic hydroxyl groups is 1. The molecule has 2 amide bonds. The van der Waals surface area contributed by atoms with Crippen molar-refractivity contribution in [1.29, 1.82) is 0 Å². The van der Waals surface area contributed by atoms with E-state index in [0.29, 0.717) is 45.2 Å². The number of fused-ring (bicyclic) bond motifs is 1. The van der Waals surface area contributed by atoms with E-state index in [1.165, 1.54) is 4.31 Å². The zero-order valence-corrected chi connectivity index (χ0v) is 26.2. The van der Waals surface area contributed by atoms with Gasteiger partial charge in [-0.3, -0.25) is 4.79 Å². The van der Waals surface area contributed by atoms with Crippen LogP contribution >= 0.6 is 0 Å². The Hall–Kier alpha value is -3.55. The van der Waals surface area contributed by atoms with Crippen LogP contribution in [0.1, 0.15) is 32.1 Å². The van der Waals surface area contributed by atoms with Gasteiger partial charge in [0, 0.05) is 55.6 Å². The first-order valence-electron chi connectivity index (χ1n) is 16.0. The number of benzene rings is 2. The van der Waals surface area contributed by atoms with Crippen LogP contribution in [0.15, 0.2) is 48.5 Å². The first-order chi connectivity index (χ1) is 21.7. The highest BCUT2D eigenvalue weighted by Crippen LogP contribution is 2.60. The van der Waals surface area contributed by atoms with Gasteiger partial charge < -0.3 is 30.8 Å². The molecule has 3 unspecified atom stereocenters. The Labute approximate surface area is 264 Å². The van der Waals surface area contributed by atoms with Gasteiger partial charge in [-0.1, -0.05) is 12.1 Å². The Kier molecular flexibility index (Phi) is 7.81. The summed E-state index contributed by atoms with van der Waals surface area (Å²) in [5, 5.41) is 13.9. The average molecular weight is 639 g/mol. The Morgan fingerprint density at radius 3 is 2.18 bits per heavy atom. The predicted octanol–water partition coefficient (Wildman–Crippen LogP) is 2.41. The van der Waals surface area contributed by atoms with Crippen LogP contribution in [-0.4, -0.2) is 87.5 Å². The maximum atomic E-state index is 13.2. The lowest BCUT2D eigenvalue weighted by atomic mass is 9.47. The number of hydrogen-bond acceptors (Lipinski definition) is 9. The summed E-state index contributed by atoms with van der Waals surface area (Å²) in [6, 6.07) is 16.1. The largest absolute Gasteiger partial charge is 0.431 e. The molecule has 4 bridgehead atoms. The molecule has 0 spiro atoms. The molecule has 2 aliphatic heterocycles. The molecule has 5 fully saturated rings. The summed E-state index contributed by atoms with van der Waals surface area (Å²) in [7, 11) is -3.42. The van der Waals surface area contributed by atoms with E-state index in [1.807, 2.05) is 24.3 Å². The van der Waals surface area contributed by atoms with Gasteiger partial charge in [0.05, 0.1) is 30.3 Å². The van der Waals surface area contributed by atoms with Crippen LogP contribution in [0, 0.1) is 23.2 Å². The minimum Gasteiger partial charge on any atom is -0.395 e. The number of sulfonamides is 1. The summed E-state index contributed by atoms with van der Waals surface area (Å²) in [5.41, 5.74) is 9.22. The fourth-order valence-corrected chi connectivity index (χ4v) is 10.0. The van der Waals surface area contributed by atoms with E-state index >= 15 is 0 Å². The van der Waals surface area contributed by atoms with Crippen molar-refractivity contribution in [3.8, 4) is 0 Å². The normalized spacial score (nSPS) is 29.4. The lowest BCUT2D eigenvalue weighted by Crippen LogP contribution is -2.62. The molecule has 242 valence electrons. The number of carbonyl (C=O) groups is 2. The molecule has 4 saturated carbocycles. The molecule has 2 aromatic carbocycles. The SMILES string of the molecule is NC(=O)C12CC3C[C@H](C1)C(NC(=O)ON1CCN(c4ccc(N5CCN(S(=O)(=O)CCO)CC5)cc4)c4ccccc41)[C@@H](C3)C2. The molecule has 6 aliphatic rings. The van der Waals surface area contributed by atoms with Crippen molar-refractivity contribution in [2.75, 3.05) is 66.5 Å². The maximum Gasteiger partial charge on any atom is 0.431 e. The molecule has 2 aromatic rings. The van der Waals surface area contributed by atoms with E-state index in [4.69, 9.17) is 15.7 Å². The summed E-state index contributed by atoms with van der Waals surface area (Å²) in [6.45, 7) is 2.68. The molecule has 13 heteroatoms. The number of primary amides is 1. The van der Waals surface area contributed by atoms with Crippen LogP contribution in [-0.2, 0) is 19.7 Å². The Balaban J connectivity index is 0.989. The number of rotatable bonds is 8. The van der Waals surface area contributed by atoms with E-state index in [0.717, 1.165) is 54.9 Å². The zero-order valence-electron chi connectivity index (χ0n) is 25.4. The number of carbonyl (C=O) groups excluding carboxylic acids is 2. The van der Waals surface area contributed by atoms with Crippen LogP contribution in [0.5, 0.6) is 0 Å². The number of hydroxylamine groups is 1. The number of amides is 2. The Bertz CT molecular complexity index is 1530. The van der Waals surface area contributed by atoms with Crippen molar-refractivity contribution >= 4 is 44.8 Å². The molecule has 2 heterocycles. The van der Waals surface area contributed by atoms with Crippen LogP contribution in [0.3, 0.4) is 0 Å². The van der Waals surface area contributed by atoms with Gasteiger partial charge >= 0.3 is 6.09 Å². The summed E-state index contributed by atoms with van der Waals surface area (Å²) in [5.74, 6) is 0.605. The Morgan fingerprint density at radius 1 is 0.889 bits per heavy atom. The van der Waals surface area contributed by atoms with Gasteiger partial charge in [0.15, 0.2) is 0 Å². The van der Waals surface area contributed by atoms with E-state index in [9.17, 15) is 18.0 Å². The molecule has 0 aromatic heterocycles. The standard InChI is InChI=1S/C32H42N6O6S/c33-30(40)32-19-22-17-23(20-32)29(24(18-22)21-32)34-31(41)44-38-14-13-37(27-3-1-2-4-28(27)38)26-7-5-25(6-8-26)35-9-11-36(12-10-35)45(42,43)16-15-39/h1-8,22-24,29,39H,9-21H2,(H2,33,40)(H,34,41)/t22?,23-,24+,29?,32?. The lowest BCUT2D eigenvalue weighted by molar-refractivity contribution is -0.145. The van der Waals surface area contributed by atoms with Crippen LogP contribution < -0.4 is 25.9 Å². The van der Waals surface area contributed by atoms with Gasteiger partial charge in [-0.25, -0.2) is 18.3 Å². The second-order valence-corrected chi connectivity index (χ2v) is 15.4. The highest BCUT2D eigenvalue weighted by Gasteiger charge is 2.58. The molecule has 5 atom stereocenters. The van der Waals surface area contributed by atoms with E-state index in [-0.39, 0.29) is 36.1 Å². The second kappa shape index (κ2) is 11.7. The molecule has 12 nitrogen and oxygen atoms in total. The number of nitrogens with two attached hydrogens (primary N) is 1. The minimum absolute atomic E-state index is 0.00416. The van der Waals surface area contributed by atoms with Crippen molar-refractivity contribution in [2.45, 2.75) is 38.1 Å². The predicted molar refractivity (Wildman–Crippen MR) is 170 cm³/mol. The molecule has 1 saturated heterocycles. The van der Waals surface area contributed by atoms with Gasteiger partial charge in [-0.2, -0.15) is 4.31 Å². The lowest BCUT2D eigenvalue weighted by Gasteiger charge is -2.58. The smallest absolute Gasteiger partial charge is 0.395 e. The first-order valence-corrected chi connectivity index (χ1v) is 17.6. The van der Waals surface area contributed by atoms with Gasteiger partial charge in [0.25, 0.3) is 0 Å². The van der Waals surface area contributed by atoms with Crippen molar-refractivity contribution in [3.05, 3.63) is 48.5 Å². The van der Waals surface area contributed by atoms with Crippen molar-refractivity contribution < 1.29 is 28.0 Å². The summed E-state index contributed by atoms with van der Waals surface area (Å²) >= 11 is 0. The third kappa shape index (κ3) is 5.59. The zero-order chi connectivity index (χ0) is 31.3. The number of para-hydroxylation sites is 2. The molecule has 8 rings (SSSR count).